The third kappa shape index (κ3) is 4.87. The number of nitro groups is 1. The van der Waals surface area contributed by atoms with E-state index in [9.17, 15) is 20.1 Å². The van der Waals surface area contributed by atoms with Crippen molar-refractivity contribution in [2.24, 2.45) is 0 Å². The number of hydrogen-bond donors (Lipinski definition) is 1. The van der Waals surface area contributed by atoms with Gasteiger partial charge in [0.1, 0.15) is 19.1 Å². The largest absolute Gasteiger partial charge is 0.619 e. The molecule has 1 amide bonds. The molecule has 0 radical (unpaired) electrons. The second kappa shape index (κ2) is 8.83. The van der Waals surface area contributed by atoms with E-state index in [1.807, 2.05) is 7.05 Å². The first kappa shape index (κ1) is 21.1. The summed E-state index contributed by atoms with van der Waals surface area (Å²) < 4.78 is 0.726. The van der Waals surface area contributed by atoms with Gasteiger partial charge in [-0.2, -0.15) is 4.73 Å². The Morgan fingerprint density at radius 2 is 1.96 bits per heavy atom. The van der Waals surface area contributed by atoms with Crippen molar-refractivity contribution in [3.8, 4) is 0 Å². The van der Waals surface area contributed by atoms with Crippen LogP contribution in [0.3, 0.4) is 0 Å². The van der Waals surface area contributed by atoms with E-state index in [0.29, 0.717) is 9.63 Å². The van der Waals surface area contributed by atoms with Crippen LogP contribution in [0.25, 0.3) is 0 Å². The zero-order valence-corrected chi connectivity index (χ0v) is 17.8. The maximum absolute atomic E-state index is 12.6. The fourth-order valence-corrected chi connectivity index (χ4v) is 5.61. The van der Waals surface area contributed by atoms with Gasteiger partial charge in [0.05, 0.1) is 9.82 Å². The van der Waals surface area contributed by atoms with Crippen molar-refractivity contribution in [1.82, 2.24) is 10.2 Å². The Hall–Kier alpha value is -1.59. The molecule has 150 valence electrons. The Morgan fingerprint density at radius 3 is 2.54 bits per heavy atom. The minimum atomic E-state index is -0.552. The Labute approximate surface area is 179 Å². The van der Waals surface area contributed by atoms with E-state index in [-0.39, 0.29) is 36.8 Å². The summed E-state index contributed by atoms with van der Waals surface area (Å²) in [5, 5.41) is 25.9. The van der Waals surface area contributed by atoms with Crippen LogP contribution >= 0.6 is 46.3 Å². The zero-order valence-electron chi connectivity index (χ0n) is 14.7. The van der Waals surface area contributed by atoms with Crippen LogP contribution in [0.4, 0.5) is 5.69 Å². The number of halogens is 2. The average Bonchev–Trinajstić information content (AvgIpc) is 3.04. The van der Waals surface area contributed by atoms with Gasteiger partial charge in [-0.3, -0.25) is 14.9 Å². The number of amides is 1. The predicted molar refractivity (Wildman–Crippen MR) is 109 cm³/mol. The quantitative estimate of drug-likeness (QED) is 0.315. The molecule has 3 rings (SSSR count). The molecule has 2 aromatic heterocycles. The Bertz CT molecular complexity index is 893. The van der Waals surface area contributed by atoms with Gasteiger partial charge in [0, 0.05) is 12.1 Å². The van der Waals surface area contributed by atoms with Crippen LogP contribution in [0, 0.1) is 15.3 Å². The zero-order chi connectivity index (χ0) is 20.4. The van der Waals surface area contributed by atoms with E-state index in [1.54, 1.807) is 0 Å². The smallest absolute Gasteiger partial charge is 0.294 e. The third-order valence-electron chi connectivity index (χ3n) is 4.26. The third-order valence-corrected chi connectivity index (χ3v) is 7.52. The topological polar surface area (TPSA) is 102 Å². The SMILES string of the molecule is CN1CCC(NC(=O)c2cc([N+](=O)[O-])c(Sc3c(Cl)c[n+]([O-])cc3Cl)s2)CC1. The highest BCUT2D eigenvalue weighted by Crippen LogP contribution is 2.45. The average molecular weight is 463 g/mol. The molecule has 1 fully saturated rings. The van der Waals surface area contributed by atoms with Crippen LogP contribution in [0.1, 0.15) is 22.5 Å². The second-order valence-electron chi connectivity index (χ2n) is 6.34. The molecule has 0 unspecified atom stereocenters. The summed E-state index contributed by atoms with van der Waals surface area (Å²) in [6.45, 7) is 1.78. The van der Waals surface area contributed by atoms with E-state index >= 15 is 0 Å². The highest BCUT2D eigenvalue weighted by atomic mass is 35.5. The molecular weight excluding hydrogens is 447 g/mol. The molecule has 1 saturated heterocycles. The molecule has 28 heavy (non-hydrogen) atoms. The van der Waals surface area contributed by atoms with Crippen molar-refractivity contribution < 1.29 is 14.4 Å². The van der Waals surface area contributed by atoms with Gasteiger partial charge in [0.25, 0.3) is 11.6 Å². The summed E-state index contributed by atoms with van der Waals surface area (Å²) in [5.74, 6) is -0.336. The summed E-state index contributed by atoms with van der Waals surface area (Å²) in [6, 6.07) is 1.31. The molecule has 0 spiro atoms. The summed E-state index contributed by atoms with van der Waals surface area (Å²) in [4.78, 5) is 26.2. The van der Waals surface area contributed by atoms with Gasteiger partial charge in [-0.05, 0) is 33.0 Å². The molecule has 1 aliphatic heterocycles. The van der Waals surface area contributed by atoms with Crippen LogP contribution in [0.2, 0.25) is 10.0 Å². The molecule has 3 heterocycles. The van der Waals surface area contributed by atoms with Crippen molar-refractivity contribution in [2.75, 3.05) is 20.1 Å². The molecule has 2 aromatic rings. The van der Waals surface area contributed by atoms with Crippen LogP contribution in [0.15, 0.2) is 27.6 Å². The number of piperidine rings is 1. The van der Waals surface area contributed by atoms with Gasteiger partial charge in [0.15, 0.2) is 12.4 Å². The highest BCUT2D eigenvalue weighted by molar-refractivity contribution is 8.01. The van der Waals surface area contributed by atoms with Crippen LogP contribution in [-0.4, -0.2) is 41.9 Å². The summed E-state index contributed by atoms with van der Waals surface area (Å²) in [5.41, 5.74) is -0.200. The highest BCUT2D eigenvalue weighted by Gasteiger charge is 2.27. The first-order valence-electron chi connectivity index (χ1n) is 8.28. The van der Waals surface area contributed by atoms with Crippen LogP contribution in [-0.2, 0) is 0 Å². The number of carbonyl (C=O) groups excluding carboxylic acids is 1. The standard InChI is InChI=1S/C16H16Cl2N4O4S2/c1-20-4-2-9(3-5-20)19-15(23)13-6-12(22(25)26)16(27-13)28-14-10(17)7-21(24)8-11(14)18/h6-9H,2-5H2,1H3,(H,19,23). The van der Waals surface area contributed by atoms with Crippen LogP contribution < -0.4 is 10.0 Å². The first-order valence-corrected chi connectivity index (χ1v) is 10.7. The molecule has 0 aromatic carbocycles. The van der Waals surface area contributed by atoms with Gasteiger partial charge in [-0.15, -0.1) is 11.3 Å². The fourth-order valence-electron chi connectivity index (χ4n) is 2.77. The van der Waals surface area contributed by atoms with Gasteiger partial charge in [0.2, 0.25) is 0 Å². The van der Waals surface area contributed by atoms with Crippen molar-refractivity contribution in [2.45, 2.75) is 28.0 Å². The van der Waals surface area contributed by atoms with Crippen molar-refractivity contribution >= 4 is 57.9 Å². The lowest BCUT2D eigenvalue weighted by Crippen LogP contribution is -2.43. The molecule has 0 atom stereocenters. The number of hydrogen-bond acceptors (Lipinski definition) is 7. The molecule has 1 aliphatic rings. The molecule has 0 bridgehead atoms. The van der Waals surface area contributed by atoms with E-state index in [4.69, 9.17) is 23.2 Å². The minimum Gasteiger partial charge on any atom is -0.619 e. The fraction of sp³-hybridized carbons (Fsp3) is 0.375. The molecule has 12 heteroatoms. The summed E-state index contributed by atoms with van der Waals surface area (Å²) in [6.07, 6.45) is 3.90. The van der Waals surface area contributed by atoms with Crippen molar-refractivity contribution in [3.05, 3.63) is 48.7 Å². The second-order valence-corrected chi connectivity index (χ2v) is 9.48. The summed E-state index contributed by atoms with van der Waals surface area (Å²) >= 11 is 14.1. The van der Waals surface area contributed by atoms with Crippen molar-refractivity contribution in [1.29, 1.82) is 0 Å². The number of aromatic nitrogens is 1. The molecule has 0 saturated carbocycles. The lowest BCUT2D eigenvalue weighted by atomic mass is 10.1. The Morgan fingerprint density at radius 1 is 1.36 bits per heavy atom. The van der Waals surface area contributed by atoms with Gasteiger partial charge in [-0.1, -0.05) is 35.0 Å². The molecular formula is C16H16Cl2N4O4S2. The molecule has 1 N–H and O–H groups in total. The Balaban J connectivity index is 1.82. The van der Waals surface area contributed by atoms with E-state index in [2.05, 4.69) is 10.2 Å². The number of carbonyl (C=O) groups is 1. The first-order chi connectivity index (χ1) is 13.2. The lowest BCUT2D eigenvalue weighted by Gasteiger charge is -2.29. The summed E-state index contributed by atoms with van der Waals surface area (Å²) in [7, 11) is 2.03. The molecule has 0 aliphatic carbocycles. The van der Waals surface area contributed by atoms with Gasteiger partial charge >= 0.3 is 0 Å². The van der Waals surface area contributed by atoms with E-state index in [1.165, 1.54) is 6.07 Å². The lowest BCUT2D eigenvalue weighted by molar-refractivity contribution is -0.605. The maximum atomic E-state index is 12.6. The predicted octanol–water partition coefficient (Wildman–Crippen LogP) is 3.57. The number of nitrogens with one attached hydrogen (secondary N) is 1. The van der Waals surface area contributed by atoms with Crippen LogP contribution in [0.5, 0.6) is 0 Å². The van der Waals surface area contributed by atoms with Gasteiger partial charge < -0.3 is 15.4 Å². The number of nitrogens with zero attached hydrogens (tertiary/aromatic N) is 3. The number of rotatable bonds is 5. The Kier molecular flexibility index (Phi) is 6.66. The maximum Gasteiger partial charge on any atom is 0.294 e. The monoisotopic (exact) mass is 462 g/mol. The number of thiophene rings is 1. The van der Waals surface area contributed by atoms with Crippen molar-refractivity contribution in [3.63, 3.8) is 0 Å². The molecule has 8 nitrogen and oxygen atoms in total. The number of likely N-dealkylation sites (tertiary alicyclic amines) is 1. The number of pyridine rings is 1. The normalized spacial score (nSPS) is 15.5. The van der Waals surface area contributed by atoms with E-state index in [0.717, 1.165) is 61.4 Å². The minimum absolute atomic E-state index is 0.0477. The van der Waals surface area contributed by atoms with E-state index < -0.39 is 4.92 Å². The van der Waals surface area contributed by atoms with Gasteiger partial charge in [-0.25, -0.2) is 0 Å².